The van der Waals surface area contributed by atoms with Crippen molar-refractivity contribution in [1.82, 2.24) is 0 Å². The van der Waals surface area contributed by atoms with E-state index in [4.69, 9.17) is 5.11 Å². The Hall–Kier alpha value is -0.340. The van der Waals surface area contributed by atoms with Gasteiger partial charge in [0.2, 0.25) is 0 Å². The number of aliphatic hydroxyl groups excluding tert-OH is 2. The molecule has 0 radical (unpaired) electrons. The van der Waals surface area contributed by atoms with Crippen LogP contribution in [0.3, 0.4) is 0 Å². The molecule has 0 saturated heterocycles. The quantitative estimate of drug-likeness (QED) is 0.603. The molecular formula is C9H18O2. The fraction of sp³-hybridized carbons (Fsp3) is 0.778. The van der Waals surface area contributed by atoms with Crippen LogP contribution in [0, 0.1) is 11.8 Å². The standard InChI is InChI=1S/C9H18O2/c1-7(2)8(3)9(11)5-4-6-10/h4-5,7-11H,6H2,1-3H3/b5-4+/t8-,9-/m0/s1. The lowest BCUT2D eigenvalue weighted by molar-refractivity contribution is 0.133. The molecule has 2 atom stereocenters. The second-order valence-electron chi connectivity index (χ2n) is 3.20. The molecule has 0 heterocycles. The molecule has 0 aromatic rings. The predicted octanol–water partition coefficient (Wildman–Crippen LogP) is 1.19. The van der Waals surface area contributed by atoms with E-state index in [1.807, 2.05) is 6.92 Å². The molecule has 2 nitrogen and oxygen atoms in total. The van der Waals surface area contributed by atoms with Crippen molar-refractivity contribution in [3.8, 4) is 0 Å². The Kier molecular flexibility index (Phi) is 5.16. The highest BCUT2D eigenvalue weighted by Gasteiger charge is 2.13. The minimum atomic E-state index is -0.429. The van der Waals surface area contributed by atoms with Gasteiger partial charge in [0.25, 0.3) is 0 Å². The van der Waals surface area contributed by atoms with Crippen LogP contribution in [0.15, 0.2) is 12.2 Å². The van der Waals surface area contributed by atoms with E-state index in [9.17, 15) is 5.11 Å². The third-order valence-corrected chi connectivity index (χ3v) is 2.03. The Morgan fingerprint density at radius 2 is 1.82 bits per heavy atom. The van der Waals surface area contributed by atoms with Gasteiger partial charge in [-0.05, 0) is 11.8 Å². The fourth-order valence-corrected chi connectivity index (χ4v) is 0.770. The first-order valence-corrected chi connectivity index (χ1v) is 4.05. The maximum Gasteiger partial charge on any atom is 0.0749 e. The van der Waals surface area contributed by atoms with Crippen LogP contribution in [0.2, 0.25) is 0 Å². The monoisotopic (exact) mass is 158 g/mol. The molecule has 0 spiro atoms. The third kappa shape index (κ3) is 4.17. The van der Waals surface area contributed by atoms with Crippen LogP contribution in [0.25, 0.3) is 0 Å². The summed E-state index contributed by atoms with van der Waals surface area (Å²) in [5.74, 6) is 0.714. The van der Waals surface area contributed by atoms with Crippen LogP contribution in [0.1, 0.15) is 20.8 Å². The second kappa shape index (κ2) is 5.33. The molecule has 0 aliphatic heterocycles. The highest BCUT2D eigenvalue weighted by Crippen LogP contribution is 2.14. The van der Waals surface area contributed by atoms with E-state index in [2.05, 4.69) is 13.8 Å². The zero-order chi connectivity index (χ0) is 8.85. The molecule has 2 heteroatoms. The molecule has 0 fully saturated rings. The minimum Gasteiger partial charge on any atom is -0.392 e. The molecule has 2 N–H and O–H groups in total. The second-order valence-corrected chi connectivity index (χ2v) is 3.20. The molecule has 0 aromatic carbocycles. The van der Waals surface area contributed by atoms with Crippen LogP contribution in [0.5, 0.6) is 0 Å². The van der Waals surface area contributed by atoms with Gasteiger partial charge in [-0.3, -0.25) is 0 Å². The molecule has 0 aliphatic rings. The van der Waals surface area contributed by atoms with Gasteiger partial charge in [0.1, 0.15) is 0 Å². The highest BCUT2D eigenvalue weighted by atomic mass is 16.3. The maximum atomic E-state index is 9.42. The van der Waals surface area contributed by atoms with Crippen molar-refractivity contribution >= 4 is 0 Å². The SMILES string of the molecule is CC(C)[C@H](C)[C@@H](O)/C=C/CO. The van der Waals surface area contributed by atoms with E-state index in [-0.39, 0.29) is 12.5 Å². The van der Waals surface area contributed by atoms with Gasteiger partial charge in [0.05, 0.1) is 12.7 Å². The van der Waals surface area contributed by atoms with Gasteiger partial charge in [0.15, 0.2) is 0 Å². The van der Waals surface area contributed by atoms with Crippen molar-refractivity contribution in [3.05, 3.63) is 12.2 Å². The van der Waals surface area contributed by atoms with Gasteiger partial charge in [-0.25, -0.2) is 0 Å². The minimum absolute atomic E-state index is 0.00186. The van der Waals surface area contributed by atoms with Gasteiger partial charge < -0.3 is 10.2 Å². The highest BCUT2D eigenvalue weighted by molar-refractivity contribution is 4.91. The van der Waals surface area contributed by atoms with E-state index in [0.29, 0.717) is 5.92 Å². The van der Waals surface area contributed by atoms with Crippen molar-refractivity contribution in [1.29, 1.82) is 0 Å². The van der Waals surface area contributed by atoms with Crippen molar-refractivity contribution in [3.63, 3.8) is 0 Å². The van der Waals surface area contributed by atoms with Gasteiger partial charge in [0, 0.05) is 0 Å². The van der Waals surface area contributed by atoms with Crippen LogP contribution >= 0.6 is 0 Å². The van der Waals surface area contributed by atoms with Gasteiger partial charge in [-0.15, -0.1) is 0 Å². The van der Waals surface area contributed by atoms with Crippen molar-refractivity contribution < 1.29 is 10.2 Å². The summed E-state index contributed by atoms with van der Waals surface area (Å²) >= 11 is 0. The van der Waals surface area contributed by atoms with Gasteiger partial charge >= 0.3 is 0 Å². The van der Waals surface area contributed by atoms with E-state index in [1.165, 1.54) is 0 Å². The van der Waals surface area contributed by atoms with Crippen molar-refractivity contribution in [2.24, 2.45) is 11.8 Å². The van der Waals surface area contributed by atoms with Crippen LogP contribution in [-0.2, 0) is 0 Å². The average molecular weight is 158 g/mol. The van der Waals surface area contributed by atoms with E-state index < -0.39 is 6.10 Å². The summed E-state index contributed by atoms with van der Waals surface area (Å²) in [4.78, 5) is 0. The molecule has 66 valence electrons. The van der Waals surface area contributed by atoms with E-state index in [0.717, 1.165) is 0 Å². The zero-order valence-corrected chi connectivity index (χ0v) is 7.49. The molecule has 0 aromatic heterocycles. The smallest absolute Gasteiger partial charge is 0.0749 e. The Bertz CT molecular complexity index is 119. The summed E-state index contributed by atoms with van der Waals surface area (Å²) in [6.45, 7) is 6.14. The molecule has 0 aliphatic carbocycles. The maximum absolute atomic E-state index is 9.42. The van der Waals surface area contributed by atoms with Crippen LogP contribution in [-0.4, -0.2) is 22.9 Å². The lowest BCUT2D eigenvalue weighted by Crippen LogP contribution is -2.19. The molecule has 0 amide bonds. The summed E-state index contributed by atoms with van der Waals surface area (Å²) in [6.07, 6.45) is 2.79. The summed E-state index contributed by atoms with van der Waals surface area (Å²) in [5, 5.41) is 17.9. The predicted molar refractivity (Wildman–Crippen MR) is 46.2 cm³/mol. The third-order valence-electron chi connectivity index (χ3n) is 2.03. The zero-order valence-electron chi connectivity index (χ0n) is 7.49. The molecule has 11 heavy (non-hydrogen) atoms. The molecule has 0 rings (SSSR count). The van der Waals surface area contributed by atoms with E-state index in [1.54, 1.807) is 12.2 Å². The Morgan fingerprint density at radius 1 is 1.27 bits per heavy atom. The summed E-state index contributed by atoms with van der Waals surface area (Å²) in [7, 11) is 0. The van der Waals surface area contributed by atoms with E-state index >= 15 is 0 Å². The number of hydrogen-bond donors (Lipinski definition) is 2. The largest absolute Gasteiger partial charge is 0.392 e. The van der Waals surface area contributed by atoms with Crippen molar-refractivity contribution in [2.75, 3.05) is 6.61 Å². The number of aliphatic hydroxyl groups is 2. The number of hydrogen-bond acceptors (Lipinski definition) is 2. The van der Waals surface area contributed by atoms with Crippen LogP contribution in [0.4, 0.5) is 0 Å². The van der Waals surface area contributed by atoms with Gasteiger partial charge in [-0.2, -0.15) is 0 Å². The Morgan fingerprint density at radius 3 is 2.18 bits per heavy atom. The first-order valence-electron chi connectivity index (χ1n) is 4.05. The molecular weight excluding hydrogens is 140 g/mol. The van der Waals surface area contributed by atoms with Crippen molar-refractivity contribution in [2.45, 2.75) is 26.9 Å². The van der Waals surface area contributed by atoms with Crippen LogP contribution < -0.4 is 0 Å². The lowest BCUT2D eigenvalue weighted by Gasteiger charge is -2.18. The fourth-order valence-electron chi connectivity index (χ4n) is 0.770. The summed E-state index contributed by atoms with van der Waals surface area (Å²) in [6, 6.07) is 0. The molecule has 0 unspecified atom stereocenters. The molecule has 0 bridgehead atoms. The van der Waals surface area contributed by atoms with Gasteiger partial charge in [-0.1, -0.05) is 32.9 Å². The number of rotatable bonds is 4. The normalized spacial score (nSPS) is 17.6. The first-order chi connectivity index (χ1) is 5.09. The summed E-state index contributed by atoms with van der Waals surface area (Å²) < 4.78 is 0. The topological polar surface area (TPSA) is 40.5 Å². The summed E-state index contributed by atoms with van der Waals surface area (Å²) in [5.41, 5.74) is 0. The molecule has 0 saturated carbocycles. The lowest BCUT2D eigenvalue weighted by atomic mass is 9.92. The Labute approximate surface area is 68.6 Å². The average Bonchev–Trinajstić information content (AvgIpc) is 1.98. The Balaban J connectivity index is 3.81. The first kappa shape index (κ1) is 10.7.